The maximum atomic E-state index is 12.8. The summed E-state index contributed by atoms with van der Waals surface area (Å²) < 4.78 is 7.92. The van der Waals surface area contributed by atoms with Crippen LogP contribution in [-0.2, 0) is 16.1 Å². The third-order valence-corrected chi connectivity index (χ3v) is 6.53. The van der Waals surface area contributed by atoms with Gasteiger partial charge in [-0.15, -0.1) is 10.2 Å². The highest BCUT2D eigenvalue weighted by molar-refractivity contribution is 5.76. The number of rotatable bonds is 6. The lowest BCUT2D eigenvalue weighted by atomic mass is 9.71. The SMILES string of the molecule is CC(C)CCC(=O)N1CC(c2nncn2CC2CC2)C2(CCOCC2)C1. The highest BCUT2D eigenvalue weighted by Crippen LogP contribution is 2.49. The van der Waals surface area contributed by atoms with Gasteiger partial charge in [0.25, 0.3) is 0 Å². The molecule has 1 unspecified atom stereocenters. The molecule has 4 rings (SSSR count). The van der Waals surface area contributed by atoms with Crippen molar-refractivity contribution in [2.24, 2.45) is 17.3 Å². The molecule has 3 heterocycles. The van der Waals surface area contributed by atoms with Crippen molar-refractivity contribution in [3.05, 3.63) is 12.2 Å². The molecular weight excluding hydrogens is 328 g/mol. The average molecular weight is 361 g/mol. The molecule has 3 fully saturated rings. The molecule has 1 saturated carbocycles. The van der Waals surface area contributed by atoms with Gasteiger partial charge in [0.15, 0.2) is 0 Å². The van der Waals surface area contributed by atoms with Crippen molar-refractivity contribution < 1.29 is 9.53 Å². The molecule has 0 aromatic carbocycles. The van der Waals surface area contributed by atoms with Crippen LogP contribution in [0.1, 0.15) is 64.1 Å². The average Bonchev–Trinajstić information content (AvgIpc) is 3.21. The van der Waals surface area contributed by atoms with E-state index in [1.807, 2.05) is 6.33 Å². The van der Waals surface area contributed by atoms with Gasteiger partial charge in [0, 0.05) is 50.6 Å². The molecule has 1 aromatic rings. The van der Waals surface area contributed by atoms with Crippen LogP contribution in [0.2, 0.25) is 0 Å². The first kappa shape index (κ1) is 18.0. The summed E-state index contributed by atoms with van der Waals surface area (Å²) in [5.74, 6) is 3.05. The maximum absolute atomic E-state index is 12.8. The van der Waals surface area contributed by atoms with E-state index >= 15 is 0 Å². The number of carbonyl (C=O) groups excluding carboxylic acids is 1. The first-order valence-electron chi connectivity index (χ1n) is 10.3. The van der Waals surface area contributed by atoms with E-state index in [1.165, 1.54) is 12.8 Å². The fourth-order valence-electron chi connectivity index (χ4n) is 4.62. The molecule has 2 saturated heterocycles. The molecule has 3 aliphatic rings. The second kappa shape index (κ2) is 7.29. The lowest BCUT2D eigenvalue weighted by molar-refractivity contribution is -0.131. The van der Waals surface area contributed by atoms with E-state index in [0.717, 1.165) is 63.9 Å². The normalized spacial score (nSPS) is 25.3. The van der Waals surface area contributed by atoms with Crippen LogP contribution in [0.15, 0.2) is 6.33 Å². The van der Waals surface area contributed by atoms with E-state index in [9.17, 15) is 4.79 Å². The lowest BCUT2D eigenvalue weighted by Gasteiger charge is -2.37. The third-order valence-electron chi connectivity index (χ3n) is 6.53. The second-order valence-corrected chi connectivity index (χ2v) is 9.02. The maximum Gasteiger partial charge on any atom is 0.222 e. The van der Waals surface area contributed by atoms with Gasteiger partial charge in [0.1, 0.15) is 12.2 Å². The number of amides is 1. The molecule has 1 aromatic heterocycles. The molecule has 144 valence electrons. The van der Waals surface area contributed by atoms with Crippen LogP contribution in [0.4, 0.5) is 0 Å². The summed E-state index contributed by atoms with van der Waals surface area (Å²) in [6, 6.07) is 0. The third kappa shape index (κ3) is 3.66. The van der Waals surface area contributed by atoms with E-state index in [4.69, 9.17) is 4.74 Å². The summed E-state index contributed by atoms with van der Waals surface area (Å²) in [4.78, 5) is 14.9. The van der Waals surface area contributed by atoms with Gasteiger partial charge >= 0.3 is 0 Å². The van der Waals surface area contributed by atoms with Gasteiger partial charge in [0.2, 0.25) is 5.91 Å². The highest BCUT2D eigenvalue weighted by Gasteiger charge is 2.51. The largest absolute Gasteiger partial charge is 0.381 e. The Balaban J connectivity index is 1.55. The number of ether oxygens (including phenoxy) is 1. The van der Waals surface area contributed by atoms with Crippen LogP contribution in [0.3, 0.4) is 0 Å². The molecule has 1 aliphatic carbocycles. The number of hydrogen-bond acceptors (Lipinski definition) is 4. The Hall–Kier alpha value is -1.43. The fourth-order valence-corrected chi connectivity index (χ4v) is 4.62. The van der Waals surface area contributed by atoms with Crippen molar-refractivity contribution in [2.75, 3.05) is 26.3 Å². The number of hydrogen-bond donors (Lipinski definition) is 0. The van der Waals surface area contributed by atoms with Gasteiger partial charge in [-0.2, -0.15) is 0 Å². The number of carbonyl (C=O) groups is 1. The zero-order chi connectivity index (χ0) is 18.1. The Labute approximate surface area is 156 Å². The minimum absolute atomic E-state index is 0.111. The lowest BCUT2D eigenvalue weighted by Crippen LogP contribution is -2.37. The number of aromatic nitrogens is 3. The van der Waals surface area contributed by atoms with Crippen LogP contribution >= 0.6 is 0 Å². The molecule has 1 spiro atoms. The second-order valence-electron chi connectivity index (χ2n) is 9.02. The summed E-state index contributed by atoms with van der Waals surface area (Å²) in [7, 11) is 0. The van der Waals surface area contributed by atoms with E-state index in [0.29, 0.717) is 18.2 Å². The van der Waals surface area contributed by atoms with E-state index in [1.54, 1.807) is 0 Å². The summed E-state index contributed by atoms with van der Waals surface area (Å²) in [6.07, 6.45) is 8.19. The Morgan fingerprint density at radius 3 is 2.81 bits per heavy atom. The number of likely N-dealkylation sites (tertiary alicyclic amines) is 1. The Morgan fingerprint density at radius 2 is 2.12 bits per heavy atom. The van der Waals surface area contributed by atoms with Crippen LogP contribution < -0.4 is 0 Å². The van der Waals surface area contributed by atoms with Crippen LogP contribution in [-0.4, -0.2) is 51.9 Å². The van der Waals surface area contributed by atoms with Crippen molar-refractivity contribution in [1.29, 1.82) is 0 Å². The van der Waals surface area contributed by atoms with Gasteiger partial charge in [-0.1, -0.05) is 13.8 Å². The molecule has 0 bridgehead atoms. The topological polar surface area (TPSA) is 60.2 Å². The zero-order valence-corrected chi connectivity index (χ0v) is 16.2. The summed E-state index contributed by atoms with van der Waals surface area (Å²) >= 11 is 0. The van der Waals surface area contributed by atoms with Crippen LogP contribution in [0, 0.1) is 17.3 Å². The van der Waals surface area contributed by atoms with Crippen molar-refractivity contribution >= 4 is 5.91 Å². The highest BCUT2D eigenvalue weighted by atomic mass is 16.5. The molecule has 6 heteroatoms. The molecule has 6 nitrogen and oxygen atoms in total. The standard InChI is InChI=1S/C20H32N4O2/c1-15(2)3-6-18(25)23-12-17(20(13-23)7-9-26-10-8-20)19-22-21-14-24(19)11-16-4-5-16/h14-17H,3-13H2,1-2H3. The molecule has 0 N–H and O–H groups in total. The molecule has 1 amide bonds. The molecular formula is C20H32N4O2. The van der Waals surface area contributed by atoms with Gasteiger partial charge in [-0.05, 0) is 43.9 Å². The minimum Gasteiger partial charge on any atom is -0.381 e. The van der Waals surface area contributed by atoms with Crippen molar-refractivity contribution in [3.63, 3.8) is 0 Å². The van der Waals surface area contributed by atoms with E-state index in [-0.39, 0.29) is 11.3 Å². The predicted molar refractivity (Wildman–Crippen MR) is 98.6 cm³/mol. The van der Waals surface area contributed by atoms with E-state index < -0.39 is 0 Å². The Morgan fingerprint density at radius 1 is 1.35 bits per heavy atom. The van der Waals surface area contributed by atoms with Crippen molar-refractivity contribution in [3.8, 4) is 0 Å². The van der Waals surface area contributed by atoms with Crippen molar-refractivity contribution in [2.45, 2.75) is 64.8 Å². The summed E-state index contributed by atoms with van der Waals surface area (Å²) in [6.45, 7) is 8.63. The van der Waals surface area contributed by atoms with Gasteiger partial charge in [-0.25, -0.2) is 0 Å². The fraction of sp³-hybridized carbons (Fsp3) is 0.850. The summed E-state index contributed by atoms with van der Waals surface area (Å²) in [5, 5.41) is 8.76. The van der Waals surface area contributed by atoms with Crippen molar-refractivity contribution in [1.82, 2.24) is 19.7 Å². The van der Waals surface area contributed by atoms with Gasteiger partial charge in [0.05, 0.1) is 0 Å². The van der Waals surface area contributed by atoms with E-state index in [2.05, 4.69) is 33.5 Å². The Bertz CT molecular complexity index is 632. The quantitative estimate of drug-likeness (QED) is 0.783. The Kier molecular flexibility index (Phi) is 5.04. The number of nitrogens with zero attached hydrogens (tertiary/aromatic N) is 4. The minimum atomic E-state index is 0.111. The molecule has 2 aliphatic heterocycles. The van der Waals surface area contributed by atoms with Crippen LogP contribution in [0.25, 0.3) is 0 Å². The molecule has 1 atom stereocenters. The first-order chi connectivity index (χ1) is 12.6. The van der Waals surface area contributed by atoms with Gasteiger partial charge in [-0.3, -0.25) is 4.79 Å². The smallest absolute Gasteiger partial charge is 0.222 e. The van der Waals surface area contributed by atoms with Crippen LogP contribution in [0.5, 0.6) is 0 Å². The molecule has 0 radical (unpaired) electrons. The first-order valence-corrected chi connectivity index (χ1v) is 10.3. The molecule has 26 heavy (non-hydrogen) atoms. The monoisotopic (exact) mass is 360 g/mol. The zero-order valence-electron chi connectivity index (χ0n) is 16.2. The predicted octanol–water partition coefficient (Wildman–Crippen LogP) is 2.85. The van der Waals surface area contributed by atoms with Gasteiger partial charge < -0.3 is 14.2 Å². The summed E-state index contributed by atoms with van der Waals surface area (Å²) in [5.41, 5.74) is 0.111.